The van der Waals surface area contributed by atoms with E-state index in [1.54, 1.807) is 16.5 Å². The summed E-state index contributed by atoms with van der Waals surface area (Å²) >= 11 is 7.62. The number of aromatic nitrogens is 3. The van der Waals surface area contributed by atoms with Crippen molar-refractivity contribution in [3.05, 3.63) is 110 Å². The topological polar surface area (TPSA) is 39.3 Å². The van der Waals surface area contributed by atoms with Gasteiger partial charge in [0.1, 0.15) is 5.82 Å². The zero-order valence-corrected chi connectivity index (χ0v) is 18.2. The highest BCUT2D eigenvalue weighted by molar-refractivity contribution is 7.15. The highest BCUT2D eigenvalue weighted by Crippen LogP contribution is 2.26. The summed E-state index contributed by atoms with van der Waals surface area (Å²) in [6, 6.07) is 20.2. The van der Waals surface area contributed by atoms with Crippen LogP contribution in [0.3, 0.4) is 0 Å². The molecule has 3 heterocycles. The Bertz CT molecular complexity index is 1750. The van der Waals surface area contributed by atoms with Gasteiger partial charge < -0.3 is 4.57 Å². The molecular weight excluding hydrogens is 445 g/mol. The van der Waals surface area contributed by atoms with Crippen LogP contribution in [-0.4, -0.2) is 14.0 Å². The van der Waals surface area contributed by atoms with E-state index in [1.807, 2.05) is 65.4 Å². The molecule has 0 bridgehead atoms. The summed E-state index contributed by atoms with van der Waals surface area (Å²) in [4.78, 5) is 18.4. The molecule has 156 valence electrons. The van der Waals surface area contributed by atoms with Crippen molar-refractivity contribution >= 4 is 55.9 Å². The second-order valence-corrected chi connectivity index (χ2v) is 8.98. The van der Waals surface area contributed by atoms with E-state index in [2.05, 4.69) is 4.98 Å². The smallest absolute Gasteiger partial charge is 0.274 e. The van der Waals surface area contributed by atoms with Crippen LogP contribution in [0.5, 0.6) is 0 Å². The molecule has 0 unspecified atom stereocenters. The summed E-state index contributed by atoms with van der Waals surface area (Å²) in [6.07, 6.45) is 3.83. The summed E-state index contributed by atoms with van der Waals surface area (Å²) in [5, 5.41) is 1.37. The SMILES string of the molecule is O=c1/c(=C/c2cn(Cc3c(F)cccc3Cl)c3ccccc23)sc2nc3ccccc3n12. The van der Waals surface area contributed by atoms with E-state index in [1.165, 1.54) is 17.4 Å². The molecule has 0 aliphatic heterocycles. The number of imidazole rings is 1. The lowest BCUT2D eigenvalue weighted by molar-refractivity contribution is 0.602. The van der Waals surface area contributed by atoms with Gasteiger partial charge in [0.25, 0.3) is 5.56 Å². The first-order chi connectivity index (χ1) is 15.6. The fraction of sp³-hybridized carbons (Fsp3) is 0.0400. The van der Waals surface area contributed by atoms with Crippen LogP contribution in [0.25, 0.3) is 33.0 Å². The number of benzene rings is 3. The molecule has 3 aromatic carbocycles. The molecule has 32 heavy (non-hydrogen) atoms. The van der Waals surface area contributed by atoms with Crippen molar-refractivity contribution in [2.45, 2.75) is 6.54 Å². The predicted molar refractivity (Wildman–Crippen MR) is 128 cm³/mol. The van der Waals surface area contributed by atoms with Gasteiger partial charge in [-0.1, -0.05) is 59.3 Å². The average molecular weight is 460 g/mol. The van der Waals surface area contributed by atoms with Crippen LogP contribution in [0.4, 0.5) is 4.39 Å². The number of fused-ring (bicyclic) bond motifs is 4. The van der Waals surface area contributed by atoms with Gasteiger partial charge in [0.05, 0.1) is 22.1 Å². The van der Waals surface area contributed by atoms with Gasteiger partial charge in [0.15, 0.2) is 4.96 Å². The fourth-order valence-electron chi connectivity index (χ4n) is 4.13. The third-order valence-corrected chi connectivity index (χ3v) is 6.96. The molecule has 7 heteroatoms. The van der Waals surface area contributed by atoms with Crippen molar-refractivity contribution in [1.82, 2.24) is 14.0 Å². The molecule has 0 atom stereocenters. The second kappa shape index (κ2) is 7.29. The minimum absolute atomic E-state index is 0.0901. The summed E-state index contributed by atoms with van der Waals surface area (Å²) in [5.41, 5.74) is 3.79. The average Bonchev–Trinajstić information content (AvgIpc) is 3.43. The van der Waals surface area contributed by atoms with Crippen LogP contribution >= 0.6 is 22.9 Å². The predicted octanol–water partition coefficient (Wildman–Crippen LogP) is 5.25. The fourth-order valence-corrected chi connectivity index (χ4v) is 5.33. The minimum atomic E-state index is -0.339. The van der Waals surface area contributed by atoms with Crippen LogP contribution in [0.1, 0.15) is 11.1 Å². The Hall–Kier alpha value is -3.48. The number of thiazole rings is 1. The van der Waals surface area contributed by atoms with Gasteiger partial charge in [-0.15, -0.1) is 0 Å². The van der Waals surface area contributed by atoms with Crippen LogP contribution in [0.15, 0.2) is 77.7 Å². The summed E-state index contributed by atoms with van der Waals surface area (Å²) in [5.74, 6) is -0.339. The maximum atomic E-state index is 14.4. The summed E-state index contributed by atoms with van der Waals surface area (Å²) in [6.45, 7) is 0.294. The van der Waals surface area contributed by atoms with Gasteiger partial charge in [-0.3, -0.25) is 4.79 Å². The highest BCUT2D eigenvalue weighted by Gasteiger charge is 2.14. The molecule has 0 saturated heterocycles. The lowest BCUT2D eigenvalue weighted by Crippen LogP contribution is -2.22. The van der Waals surface area contributed by atoms with E-state index in [9.17, 15) is 9.18 Å². The van der Waals surface area contributed by atoms with E-state index >= 15 is 0 Å². The van der Waals surface area contributed by atoms with Gasteiger partial charge in [0.2, 0.25) is 0 Å². The molecule has 0 aliphatic rings. The minimum Gasteiger partial charge on any atom is -0.342 e. The Labute approximate surface area is 190 Å². The Morgan fingerprint density at radius 2 is 1.78 bits per heavy atom. The number of hydrogen-bond acceptors (Lipinski definition) is 3. The maximum absolute atomic E-state index is 14.4. The second-order valence-electron chi connectivity index (χ2n) is 7.56. The first kappa shape index (κ1) is 19.2. The number of halogens is 2. The molecule has 0 fully saturated rings. The largest absolute Gasteiger partial charge is 0.342 e. The highest BCUT2D eigenvalue weighted by atomic mass is 35.5. The molecule has 0 radical (unpaired) electrons. The molecular formula is C25H15ClFN3OS. The van der Waals surface area contributed by atoms with Gasteiger partial charge in [-0.25, -0.2) is 13.8 Å². The van der Waals surface area contributed by atoms with Crippen molar-refractivity contribution in [3.63, 3.8) is 0 Å². The van der Waals surface area contributed by atoms with Crippen LogP contribution in [-0.2, 0) is 6.54 Å². The lowest BCUT2D eigenvalue weighted by Gasteiger charge is -2.08. The van der Waals surface area contributed by atoms with Crippen LogP contribution < -0.4 is 10.1 Å². The molecule has 0 saturated carbocycles. The molecule has 0 amide bonds. The third kappa shape index (κ3) is 2.95. The number of hydrogen-bond donors (Lipinski definition) is 0. The Morgan fingerprint density at radius 1 is 1.00 bits per heavy atom. The number of rotatable bonds is 3. The first-order valence-corrected chi connectivity index (χ1v) is 11.2. The standard InChI is InChI=1S/C25H15ClFN3OS/c26-18-7-5-8-19(27)17(18)14-29-13-15(16-6-1-3-10-21(16)29)12-23-24(31)30-22-11-4-2-9-20(22)28-25(30)32-23/h1-13H,14H2/b23-12-. The molecule has 6 aromatic rings. The third-order valence-electron chi connectivity index (χ3n) is 5.64. The van der Waals surface area contributed by atoms with Crippen LogP contribution in [0.2, 0.25) is 5.02 Å². The van der Waals surface area contributed by atoms with Crippen molar-refractivity contribution in [2.24, 2.45) is 0 Å². The van der Waals surface area contributed by atoms with Crippen molar-refractivity contribution in [1.29, 1.82) is 0 Å². The van der Waals surface area contributed by atoms with Crippen LogP contribution in [0, 0.1) is 5.82 Å². The van der Waals surface area contributed by atoms with Gasteiger partial charge in [0, 0.05) is 33.2 Å². The summed E-state index contributed by atoms with van der Waals surface area (Å²) in [7, 11) is 0. The van der Waals surface area contributed by atoms with E-state index in [-0.39, 0.29) is 11.4 Å². The van der Waals surface area contributed by atoms with Crippen molar-refractivity contribution < 1.29 is 4.39 Å². The van der Waals surface area contributed by atoms with Gasteiger partial charge >= 0.3 is 0 Å². The van der Waals surface area contributed by atoms with E-state index in [4.69, 9.17) is 11.6 Å². The number of para-hydroxylation sites is 3. The molecule has 0 N–H and O–H groups in total. The lowest BCUT2D eigenvalue weighted by atomic mass is 10.1. The van der Waals surface area contributed by atoms with E-state index < -0.39 is 0 Å². The van der Waals surface area contributed by atoms with Crippen molar-refractivity contribution in [3.8, 4) is 0 Å². The van der Waals surface area contributed by atoms with E-state index in [0.29, 0.717) is 26.6 Å². The Morgan fingerprint density at radius 3 is 2.62 bits per heavy atom. The normalized spacial score (nSPS) is 12.5. The van der Waals surface area contributed by atoms with E-state index in [0.717, 1.165) is 27.5 Å². The summed E-state index contributed by atoms with van der Waals surface area (Å²) < 4.78 is 18.6. The molecule has 0 spiro atoms. The monoisotopic (exact) mass is 459 g/mol. The zero-order chi connectivity index (χ0) is 21.8. The first-order valence-electron chi connectivity index (χ1n) is 10.0. The molecule has 4 nitrogen and oxygen atoms in total. The zero-order valence-electron chi connectivity index (χ0n) is 16.6. The number of nitrogens with zero attached hydrogens (tertiary/aromatic N) is 3. The van der Waals surface area contributed by atoms with Crippen molar-refractivity contribution in [2.75, 3.05) is 0 Å². The molecule has 6 rings (SSSR count). The Balaban J connectivity index is 1.54. The Kier molecular flexibility index (Phi) is 4.38. The quantitative estimate of drug-likeness (QED) is 0.362. The molecule has 3 aromatic heterocycles. The van der Waals surface area contributed by atoms with Gasteiger partial charge in [-0.05, 0) is 36.4 Å². The van der Waals surface area contributed by atoms with Gasteiger partial charge in [-0.2, -0.15) is 0 Å². The maximum Gasteiger partial charge on any atom is 0.274 e. The molecule has 0 aliphatic carbocycles.